The smallest absolute Gasteiger partial charge is 0.306 e. The van der Waals surface area contributed by atoms with Crippen molar-refractivity contribution in [2.45, 2.75) is 210 Å². The summed E-state index contributed by atoms with van der Waals surface area (Å²) in [5, 5.41) is 71.8. The molecule has 11 unspecified atom stereocenters. The van der Waals surface area contributed by atoms with Crippen LogP contribution in [0.2, 0.25) is 0 Å². The van der Waals surface area contributed by atoms with Crippen molar-refractivity contribution in [1.82, 2.24) is 0 Å². The third kappa shape index (κ3) is 25.3. The zero-order chi connectivity index (χ0) is 45.9. The monoisotopic (exact) mass is 897 g/mol. The van der Waals surface area contributed by atoms with Crippen LogP contribution in [0.3, 0.4) is 0 Å². The normalized spacial score (nSPS) is 27.5. The van der Waals surface area contributed by atoms with Crippen LogP contribution in [0.1, 0.15) is 142 Å². The molecule has 0 radical (unpaired) electrons. The van der Waals surface area contributed by atoms with Crippen molar-refractivity contribution in [3.05, 3.63) is 60.8 Å². The summed E-state index contributed by atoms with van der Waals surface area (Å²) in [5.41, 5.74) is 0. The highest BCUT2D eigenvalue weighted by Gasteiger charge is 2.47. The van der Waals surface area contributed by atoms with Gasteiger partial charge in [-0.25, -0.2) is 0 Å². The molecule has 2 heterocycles. The van der Waals surface area contributed by atoms with Gasteiger partial charge in [0.05, 0.1) is 26.4 Å². The number of aliphatic hydroxyl groups is 7. The first-order valence-corrected chi connectivity index (χ1v) is 23.9. The van der Waals surface area contributed by atoms with Crippen LogP contribution in [0.15, 0.2) is 60.8 Å². The van der Waals surface area contributed by atoms with E-state index in [0.717, 1.165) is 89.9 Å². The van der Waals surface area contributed by atoms with Crippen LogP contribution in [0.25, 0.3) is 0 Å². The quantitative estimate of drug-likeness (QED) is 0.0213. The van der Waals surface area contributed by atoms with Crippen LogP contribution < -0.4 is 0 Å². The minimum Gasteiger partial charge on any atom is -0.457 e. The number of unbranched alkanes of at least 4 members (excludes halogenated alkanes) is 12. The average Bonchev–Trinajstić information content (AvgIpc) is 3.28. The molecule has 7 N–H and O–H groups in total. The summed E-state index contributed by atoms with van der Waals surface area (Å²) in [5.74, 6) is -0.392. The summed E-state index contributed by atoms with van der Waals surface area (Å²) in [4.78, 5) is 12.8. The lowest BCUT2D eigenvalue weighted by Crippen LogP contribution is -2.61. The van der Waals surface area contributed by atoms with Crippen molar-refractivity contribution in [1.29, 1.82) is 0 Å². The molecule has 0 spiro atoms. The first-order valence-electron chi connectivity index (χ1n) is 23.9. The molecule has 11 atom stereocenters. The summed E-state index contributed by atoms with van der Waals surface area (Å²) in [7, 11) is 0. The fourth-order valence-electron chi connectivity index (χ4n) is 7.13. The molecule has 2 saturated heterocycles. The van der Waals surface area contributed by atoms with E-state index in [1.807, 2.05) is 0 Å². The van der Waals surface area contributed by atoms with Gasteiger partial charge in [0, 0.05) is 13.0 Å². The Morgan fingerprint density at radius 1 is 0.540 bits per heavy atom. The van der Waals surface area contributed by atoms with Gasteiger partial charge in [-0.1, -0.05) is 139 Å². The second-order valence-electron chi connectivity index (χ2n) is 16.6. The maximum atomic E-state index is 12.8. The Labute approximate surface area is 377 Å². The lowest BCUT2D eigenvalue weighted by Gasteiger charge is -2.42. The van der Waals surface area contributed by atoms with Crippen LogP contribution >= 0.6 is 0 Å². The van der Waals surface area contributed by atoms with E-state index in [9.17, 15) is 40.5 Å². The van der Waals surface area contributed by atoms with Crippen molar-refractivity contribution in [2.75, 3.05) is 33.0 Å². The Balaban J connectivity index is 1.73. The fraction of sp³-hybridized carbons (Fsp3) is 0.776. The van der Waals surface area contributed by atoms with Gasteiger partial charge in [0.1, 0.15) is 54.9 Å². The van der Waals surface area contributed by atoms with Gasteiger partial charge in [0.2, 0.25) is 0 Å². The van der Waals surface area contributed by atoms with E-state index in [2.05, 4.69) is 74.6 Å². The van der Waals surface area contributed by atoms with Crippen molar-refractivity contribution in [2.24, 2.45) is 0 Å². The molecular weight excluding hydrogens is 813 g/mol. The van der Waals surface area contributed by atoms with Gasteiger partial charge in [-0.2, -0.15) is 0 Å². The molecule has 2 aliphatic heterocycles. The van der Waals surface area contributed by atoms with Crippen molar-refractivity contribution in [3.8, 4) is 0 Å². The molecule has 364 valence electrons. The average molecular weight is 897 g/mol. The Morgan fingerprint density at radius 2 is 1.03 bits per heavy atom. The van der Waals surface area contributed by atoms with Crippen LogP contribution in [0.5, 0.6) is 0 Å². The molecule has 14 heteroatoms. The second-order valence-corrected chi connectivity index (χ2v) is 16.6. The number of carbonyl (C=O) groups excluding carboxylic acids is 1. The standard InChI is InChI=1S/C49H84O14/c1-3-5-7-9-11-12-13-14-15-16-17-18-19-20-21-22-23-24-25-27-29-31-33-58-35-38(61-41(51)32-30-28-26-10-8-6-4-2)36-59-48-47(57)45(55)43(53)40(63-48)37-60-49-46(56)44(54)42(52)39(34-50)62-49/h5,7,11-12,14-15,17-18,20-21,38-40,42-50,52-57H,3-4,6,8-10,13,16,19,22-37H2,1-2H3/b7-5-,12-11-,15-14-,18-17-,21-20-. The van der Waals surface area contributed by atoms with Gasteiger partial charge in [-0.15, -0.1) is 0 Å². The summed E-state index contributed by atoms with van der Waals surface area (Å²) in [6, 6.07) is 0. The molecule has 63 heavy (non-hydrogen) atoms. The summed E-state index contributed by atoms with van der Waals surface area (Å²) < 4.78 is 34.1. The molecule has 0 aromatic heterocycles. The van der Waals surface area contributed by atoms with Crippen molar-refractivity contribution >= 4 is 5.97 Å². The minimum atomic E-state index is -1.71. The minimum absolute atomic E-state index is 0.0493. The highest BCUT2D eigenvalue weighted by Crippen LogP contribution is 2.26. The molecule has 0 amide bonds. The summed E-state index contributed by atoms with van der Waals surface area (Å²) in [6.07, 6.45) is 26.0. The molecular formula is C49H84O14. The van der Waals surface area contributed by atoms with E-state index in [4.69, 9.17) is 28.4 Å². The number of hydrogen-bond donors (Lipinski definition) is 7. The zero-order valence-corrected chi connectivity index (χ0v) is 38.3. The first kappa shape index (κ1) is 56.8. The Hall–Kier alpha value is -2.31. The summed E-state index contributed by atoms with van der Waals surface area (Å²) in [6.45, 7) is 3.46. The number of rotatable bonds is 36. The largest absolute Gasteiger partial charge is 0.457 e. The number of aliphatic hydroxyl groups excluding tert-OH is 7. The topological polar surface area (TPSA) is 214 Å². The fourth-order valence-corrected chi connectivity index (χ4v) is 7.13. The lowest BCUT2D eigenvalue weighted by atomic mass is 9.98. The SMILES string of the molecule is CC/C=C\C/C=C\C/C=C\C/C=C\C/C=C\CCCCCCCCOCC(COC1OC(COC2OC(CO)C(O)C(O)C2O)C(O)C(O)C1O)OC(=O)CCCCCCCCC. The Morgan fingerprint density at radius 3 is 1.62 bits per heavy atom. The van der Waals surface area contributed by atoms with Gasteiger partial charge in [0.25, 0.3) is 0 Å². The van der Waals surface area contributed by atoms with Gasteiger partial charge in [0.15, 0.2) is 12.6 Å². The van der Waals surface area contributed by atoms with Crippen LogP contribution in [-0.4, -0.2) is 142 Å². The van der Waals surface area contributed by atoms with Gasteiger partial charge < -0.3 is 64.2 Å². The molecule has 0 saturated carbocycles. The van der Waals surface area contributed by atoms with Gasteiger partial charge >= 0.3 is 5.97 Å². The number of allylic oxidation sites excluding steroid dienone is 10. The second kappa shape index (κ2) is 36.9. The first-order chi connectivity index (χ1) is 30.6. The van der Waals surface area contributed by atoms with E-state index in [-0.39, 0.29) is 19.6 Å². The highest BCUT2D eigenvalue weighted by molar-refractivity contribution is 5.69. The van der Waals surface area contributed by atoms with Gasteiger partial charge in [-0.05, 0) is 57.8 Å². The molecule has 2 fully saturated rings. The molecule has 2 rings (SSSR count). The Bertz CT molecular complexity index is 1270. The predicted octanol–water partition coefficient (Wildman–Crippen LogP) is 6.18. The number of esters is 1. The third-order valence-electron chi connectivity index (χ3n) is 11.0. The van der Waals surface area contributed by atoms with E-state index < -0.39 is 86.7 Å². The number of carbonyl (C=O) groups is 1. The molecule has 0 aromatic rings. The molecule has 14 nitrogen and oxygen atoms in total. The number of hydrogen-bond acceptors (Lipinski definition) is 14. The predicted molar refractivity (Wildman–Crippen MR) is 242 cm³/mol. The van der Waals surface area contributed by atoms with Crippen LogP contribution in [-0.2, 0) is 33.2 Å². The van der Waals surface area contributed by atoms with Crippen LogP contribution in [0.4, 0.5) is 0 Å². The third-order valence-corrected chi connectivity index (χ3v) is 11.0. The summed E-state index contributed by atoms with van der Waals surface area (Å²) >= 11 is 0. The lowest BCUT2D eigenvalue weighted by molar-refractivity contribution is -0.332. The van der Waals surface area contributed by atoms with Gasteiger partial charge in [-0.3, -0.25) is 4.79 Å². The van der Waals surface area contributed by atoms with Crippen molar-refractivity contribution < 1.29 is 69.0 Å². The maximum absolute atomic E-state index is 12.8. The molecule has 0 bridgehead atoms. The van der Waals surface area contributed by atoms with E-state index in [0.29, 0.717) is 13.0 Å². The maximum Gasteiger partial charge on any atom is 0.306 e. The highest BCUT2D eigenvalue weighted by atomic mass is 16.7. The van der Waals surface area contributed by atoms with E-state index in [1.165, 1.54) is 25.7 Å². The number of ether oxygens (including phenoxy) is 6. The van der Waals surface area contributed by atoms with Crippen molar-refractivity contribution in [3.63, 3.8) is 0 Å². The Kier molecular flexibility index (Phi) is 33.2. The zero-order valence-electron chi connectivity index (χ0n) is 38.3. The molecule has 2 aliphatic rings. The molecule has 0 aromatic carbocycles. The molecule has 0 aliphatic carbocycles. The van der Waals surface area contributed by atoms with E-state index >= 15 is 0 Å². The van der Waals surface area contributed by atoms with Crippen LogP contribution in [0, 0.1) is 0 Å². The van der Waals surface area contributed by atoms with E-state index in [1.54, 1.807) is 0 Å².